The van der Waals surface area contributed by atoms with Gasteiger partial charge in [0.2, 0.25) is 0 Å². The summed E-state index contributed by atoms with van der Waals surface area (Å²) in [4.78, 5) is 16.2. The summed E-state index contributed by atoms with van der Waals surface area (Å²) >= 11 is 0. The Kier molecular flexibility index (Phi) is 5.95. The summed E-state index contributed by atoms with van der Waals surface area (Å²) in [5, 5.41) is 6.19. The smallest absolute Gasteiger partial charge is 0.269 e. The lowest BCUT2D eigenvalue weighted by Crippen LogP contribution is -2.25. The Bertz CT molecular complexity index is 596. The molecule has 1 aromatic heterocycles. The lowest BCUT2D eigenvalue weighted by Gasteiger charge is -2.11. The summed E-state index contributed by atoms with van der Waals surface area (Å²) in [5.41, 5.74) is 2.66. The van der Waals surface area contributed by atoms with Crippen LogP contribution in [0.15, 0.2) is 48.7 Å². The van der Waals surface area contributed by atoms with Gasteiger partial charge >= 0.3 is 0 Å². The fraction of sp³-hybridized carbons (Fsp3) is 0.333. The molecule has 0 atom stereocenters. The minimum atomic E-state index is -0.125. The van der Waals surface area contributed by atoms with Crippen LogP contribution in [0.4, 0.5) is 5.69 Å². The Labute approximate surface area is 132 Å². The quantitative estimate of drug-likeness (QED) is 0.771. The van der Waals surface area contributed by atoms with Crippen LogP contribution in [-0.2, 0) is 6.42 Å². The zero-order chi connectivity index (χ0) is 15.8. The Balaban J connectivity index is 1.79. The third kappa shape index (κ3) is 5.20. The van der Waals surface area contributed by atoms with Crippen molar-refractivity contribution in [2.45, 2.75) is 32.7 Å². The molecule has 116 valence electrons. The lowest BCUT2D eigenvalue weighted by atomic mass is 10.1. The zero-order valence-corrected chi connectivity index (χ0v) is 13.2. The van der Waals surface area contributed by atoms with E-state index in [4.69, 9.17) is 0 Å². The van der Waals surface area contributed by atoms with E-state index in [1.54, 1.807) is 12.3 Å². The second-order valence-corrected chi connectivity index (χ2v) is 5.57. The largest absolute Gasteiger partial charge is 0.383 e. The molecule has 0 bridgehead atoms. The van der Waals surface area contributed by atoms with Gasteiger partial charge in [-0.3, -0.25) is 9.78 Å². The van der Waals surface area contributed by atoms with E-state index >= 15 is 0 Å². The fourth-order valence-corrected chi connectivity index (χ4v) is 2.21. The topological polar surface area (TPSA) is 54.0 Å². The molecule has 0 saturated carbocycles. The van der Waals surface area contributed by atoms with Gasteiger partial charge < -0.3 is 10.6 Å². The van der Waals surface area contributed by atoms with Gasteiger partial charge in [0.1, 0.15) is 5.69 Å². The molecule has 2 rings (SSSR count). The maximum absolute atomic E-state index is 12.1. The molecule has 0 aliphatic rings. The molecule has 1 aromatic carbocycles. The number of rotatable bonds is 7. The first-order valence-corrected chi connectivity index (χ1v) is 7.70. The van der Waals surface area contributed by atoms with Gasteiger partial charge in [-0.25, -0.2) is 0 Å². The van der Waals surface area contributed by atoms with Gasteiger partial charge in [0.15, 0.2) is 0 Å². The number of hydrogen-bond donors (Lipinski definition) is 2. The van der Waals surface area contributed by atoms with Crippen LogP contribution < -0.4 is 10.6 Å². The van der Waals surface area contributed by atoms with Crippen molar-refractivity contribution in [3.05, 3.63) is 59.9 Å². The maximum atomic E-state index is 12.1. The van der Waals surface area contributed by atoms with Crippen LogP contribution in [-0.4, -0.2) is 23.5 Å². The van der Waals surface area contributed by atoms with Gasteiger partial charge in [-0.2, -0.15) is 0 Å². The van der Waals surface area contributed by atoms with Crippen LogP contribution in [0.1, 0.15) is 36.3 Å². The number of hydrogen-bond acceptors (Lipinski definition) is 3. The highest BCUT2D eigenvalue weighted by Crippen LogP contribution is 2.09. The number of carbonyl (C=O) groups is 1. The number of nitrogens with zero attached hydrogens (tertiary/aromatic N) is 1. The van der Waals surface area contributed by atoms with Crippen molar-refractivity contribution in [3.8, 4) is 0 Å². The van der Waals surface area contributed by atoms with Crippen LogP contribution in [0.3, 0.4) is 0 Å². The van der Waals surface area contributed by atoms with Crippen molar-refractivity contribution >= 4 is 11.6 Å². The highest BCUT2D eigenvalue weighted by atomic mass is 16.1. The Hall–Kier alpha value is -2.36. The number of aryl methyl sites for hydroxylation is 1. The van der Waals surface area contributed by atoms with Gasteiger partial charge in [-0.05, 0) is 44.4 Å². The highest BCUT2D eigenvalue weighted by molar-refractivity contribution is 5.93. The van der Waals surface area contributed by atoms with E-state index in [-0.39, 0.29) is 5.91 Å². The second-order valence-electron chi connectivity index (χ2n) is 5.57. The molecule has 0 fully saturated rings. The molecule has 0 spiro atoms. The minimum absolute atomic E-state index is 0.125. The molecule has 22 heavy (non-hydrogen) atoms. The van der Waals surface area contributed by atoms with Crippen LogP contribution in [0.2, 0.25) is 0 Å². The van der Waals surface area contributed by atoms with Crippen LogP contribution in [0, 0.1) is 0 Å². The van der Waals surface area contributed by atoms with Crippen LogP contribution >= 0.6 is 0 Å². The van der Waals surface area contributed by atoms with E-state index < -0.39 is 0 Å². The third-order valence-electron chi connectivity index (χ3n) is 3.22. The first-order valence-electron chi connectivity index (χ1n) is 7.70. The van der Waals surface area contributed by atoms with E-state index in [2.05, 4.69) is 41.6 Å². The molecule has 0 unspecified atom stereocenters. The molecule has 0 aliphatic heterocycles. The summed E-state index contributed by atoms with van der Waals surface area (Å²) in [6, 6.07) is 14.3. The average molecular weight is 297 g/mol. The lowest BCUT2D eigenvalue weighted by molar-refractivity contribution is 0.0948. The molecule has 4 heteroatoms. The van der Waals surface area contributed by atoms with Crippen molar-refractivity contribution in [1.29, 1.82) is 0 Å². The molecular weight excluding hydrogens is 274 g/mol. The first kappa shape index (κ1) is 16.0. The monoisotopic (exact) mass is 297 g/mol. The summed E-state index contributed by atoms with van der Waals surface area (Å²) in [7, 11) is 0. The van der Waals surface area contributed by atoms with Gasteiger partial charge in [-0.15, -0.1) is 0 Å². The molecule has 2 N–H and O–H groups in total. The molecule has 0 aliphatic carbocycles. The number of benzene rings is 1. The fourth-order valence-electron chi connectivity index (χ4n) is 2.21. The number of anilines is 1. The molecule has 4 nitrogen and oxygen atoms in total. The van der Waals surface area contributed by atoms with E-state index in [1.165, 1.54) is 5.56 Å². The summed E-state index contributed by atoms with van der Waals surface area (Å²) in [6.07, 6.45) is 3.53. The van der Waals surface area contributed by atoms with Crippen molar-refractivity contribution < 1.29 is 4.79 Å². The zero-order valence-electron chi connectivity index (χ0n) is 13.2. The van der Waals surface area contributed by atoms with Gasteiger partial charge in [0, 0.05) is 24.5 Å². The van der Waals surface area contributed by atoms with E-state index in [0.717, 1.165) is 18.5 Å². The predicted molar refractivity (Wildman–Crippen MR) is 90.1 cm³/mol. The molecular formula is C18H23N3O. The Morgan fingerprint density at radius 2 is 1.95 bits per heavy atom. The number of carbonyl (C=O) groups excluding carboxylic acids is 1. The predicted octanol–water partition coefficient (Wildman–Crippen LogP) is 3.26. The SMILES string of the molecule is CC(C)Nc1ccnc(C(=O)NCCCc2ccccc2)c1. The average Bonchev–Trinajstić information content (AvgIpc) is 2.52. The van der Waals surface area contributed by atoms with Gasteiger partial charge in [0.05, 0.1) is 0 Å². The van der Waals surface area contributed by atoms with E-state index in [9.17, 15) is 4.79 Å². The van der Waals surface area contributed by atoms with Gasteiger partial charge in [0.25, 0.3) is 5.91 Å². The molecule has 1 heterocycles. The van der Waals surface area contributed by atoms with Crippen molar-refractivity contribution in [2.24, 2.45) is 0 Å². The summed E-state index contributed by atoms with van der Waals surface area (Å²) < 4.78 is 0. The van der Waals surface area contributed by atoms with Gasteiger partial charge in [-0.1, -0.05) is 30.3 Å². The number of aromatic nitrogens is 1. The molecule has 0 saturated heterocycles. The van der Waals surface area contributed by atoms with Crippen LogP contribution in [0.5, 0.6) is 0 Å². The Morgan fingerprint density at radius 3 is 2.68 bits per heavy atom. The standard InChI is InChI=1S/C18H23N3O/c1-14(2)21-16-10-12-19-17(13-16)18(22)20-11-6-9-15-7-4-3-5-8-15/h3-5,7-8,10,12-14H,6,9,11H2,1-2H3,(H,19,21)(H,20,22). The second kappa shape index (κ2) is 8.17. The first-order chi connectivity index (χ1) is 10.6. The summed E-state index contributed by atoms with van der Waals surface area (Å²) in [6.45, 7) is 4.77. The van der Waals surface area contributed by atoms with Crippen molar-refractivity contribution in [1.82, 2.24) is 10.3 Å². The number of pyridine rings is 1. The normalized spacial score (nSPS) is 10.5. The number of amides is 1. The minimum Gasteiger partial charge on any atom is -0.383 e. The van der Waals surface area contributed by atoms with E-state index in [1.807, 2.05) is 24.3 Å². The molecule has 2 aromatic rings. The number of nitrogens with one attached hydrogen (secondary N) is 2. The Morgan fingerprint density at radius 1 is 1.18 bits per heavy atom. The van der Waals surface area contributed by atoms with Crippen LogP contribution in [0.25, 0.3) is 0 Å². The van der Waals surface area contributed by atoms with Crippen molar-refractivity contribution in [3.63, 3.8) is 0 Å². The maximum Gasteiger partial charge on any atom is 0.269 e. The highest BCUT2D eigenvalue weighted by Gasteiger charge is 2.07. The molecule has 1 amide bonds. The van der Waals surface area contributed by atoms with E-state index in [0.29, 0.717) is 18.3 Å². The molecule has 0 radical (unpaired) electrons. The summed E-state index contributed by atoms with van der Waals surface area (Å²) in [5.74, 6) is -0.125. The van der Waals surface area contributed by atoms with Crippen molar-refractivity contribution in [2.75, 3.05) is 11.9 Å². The third-order valence-corrected chi connectivity index (χ3v) is 3.22.